The lowest BCUT2D eigenvalue weighted by molar-refractivity contribution is -0.176. The van der Waals surface area contributed by atoms with Gasteiger partial charge in [0.05, 0.1) is 0 Å². The summed E-state index contributed by atoms with van der Waals surface area (Å²) in [7, 11) is -0.345. The molecule has 0 heterocycles. The second kappa shape index (κ2) is 12.3. The zero-order valence-corrected chi connectivity index (χ0v) is 22.1. The van der Waals surface area contributed by atoms with Gasteiger partial charge in [-0.2, -0.15) is 0 Å². The maximum atomic E-state index is 12.6. The van der Waals surface area contributed by atoms with Gasteiger partial charge in [-0.05, 0) is 41.7 Å². The van der Waals surface area contributed by atoms with Crippen LogP contribution in [0.4, 0.5) is 4.79 Å². The summed E-state index contributed by atoms with van der Waals surface area (Å²) in [6.07, 6.45) is -0.765. The van der Waals surface area contributed by atoms with Crippen molar-refractivity contribution in [3.05, 3.63) is 95.1 Å². The van der Waals surface area contributed by atoms with Gasteiger partial charge < -0.3 is 24.6 Å². The molecule has 38 heavy (non-hydrogen) atoms. The Hall–Kier alpha value is -3.58. The fourth-order valence-corrected chi connectivity index (χ4v) is 5.39. The van der Waals surface area contributed by atoms with E-state index in [1.165, 1.54) is 0 Å². The van der Waals surface area contributed by atoms with Crippen LogP contribution in [0.3, 0.4) is 0 Å². The van der Waals surface area contributed by atoms with Crippen LogP contribution in [0.2, 0.25) is 0 Å². The van der Waals surface area contributed by atoms with E-state index in [2.05, 4.69) is 5.32 Å². The van der Waals surface area contributed by atoms with Gasteiger partial charge in [0.2, 0.25) is 8.46 Å². The van der Waals surface area contributed by atoms with Crippen LogP contribution in [0.15, 0.2) is 72.8 Å². The average Bonchev–Trinajstić information content (AvgIpc) is 3.25. The lowest BCUT2D eigenvalue weighted by Gasteiger charge is -2.26. The Labute approximate surface area is 223 Å². The van der Waals surface area contributed by atoms with Crippen molar-refractivity contribution in [2.45, 2.75) is 37.8 Å². The smallest absolute Gasteiger partial charge is 0.407 e. The molecule has 3 aromatic carbocycles. The molecule has 198 valence electrons. The number of ether oxygens (including phenoxy) is 3. The van der Waals surface area contributed by atoms with Crippen LogP contribution < -0.4 is 5.32 Å². The summed E-state index contributed by atoms with van der Waals surface area (Å²) in [4.78, 5) is 24.5. The molecule has 1 unspecified atom stereocenters. The topological polar surface area (TPSA) is 111 Å². The van der Waals surface area contributed by atoms with E-state index in [4.69, 9.17) is 14.2 Å². The lowest BCUT2D eigenvalue weighted by Crippen LogP contribution is -2.42. The highest BCUT2D eigenvalue weighted by Gasteiger charge is 2.35. The number of hydrogen-bond donors (Lipinski definition) is 2. The molecule has 0 saturated carbocycles. The number of hydrogen-bond acceptors (Lipinski definition) is 6. The standard InChI is InChI=1S/C29H30NO7P/c1-3-36-29(38-34,37-4-2)20-15-13-19(14-16-20)17-26(27(31)32)30-28(33)35-18-25-23-11-7-5-9-21(23)22-10-6-8-12-24(22)25/h5-16,25-26H,3-4,17-18H2,1-2H3,(H,30,33)(H,31,32). The van der Waals surface area contributed by atoms with Crippen LogP contribution in [-0.2, 0) is 35.5 Å². The van der Waals surface area contributed by atoms with Crippen molar-refractivity contribution in [2.75, 3.05) is 19.8 Å². The first-order chi connectivity index (χ1) is 18.4. The average molecular weight is 536 g/mol. The minimum atomic E-state index is -1.42. The Morgan fingerprint density at radius 1 is 0.921 bits per heavy atom. The predicted molar refractivity (Wildman–Crippen MR) is 142 cm³/mol. The number of nitrogens with one attached hydrogen (secondary N) is 1. The number of fused-ring (bicyclic) bond motifs is 3. The molecule has 0 saturated heterocycles. The monoisotopic (exact) mass is 535 g/mol. The van der Waals surface area contributed by atoms with Crippen molar-refractivity contribution in [2.24, 2.45) is 0 Å². The second-order valence-electron chi connectivity index (χ2n) is 8.80. The predicted octanol–water partition coefficient (Wildman–Crippen LogP) is 5.70. The number of carboxylic acid groups (broad SMARTS) is 1. The summed E-state index contributed by atoms with van der Waals surface area (Å²) in [5, 5.41) is 12.2. The molecule has 1 amide bonds. The maximum Gasteiger partial charge on any atom is 0.407 e. The summed E-state index contributed by atoms with van der Waals surface area (Å²) < 4.78 is 28.6. The molecular formula is C29H30NO7P. The van der Waals surface area contributed by atoms with E-state index in [-0.39, 0.29) is 27.4 Å². The van der Waals surface area contributed by atoms with E-state index in [9.17, 15) is 19.3 Å². The molecule has 8 nitrogen and oxygen atoms in total. The third kappa shape index (κ3) is 5.78. The molecule has 2 N–H and O–H groups in total. The molecule has 0 radical (unpaired) electrons. The minimum absolute atomic E-state index is 0.0329. The zero-order valence-electron chi connectivity index (χ0n) is 21.3. The highest BCUT2D eigenvalue weighted by molar-refractivity contribution is 7.24. The van der Waals surface area contributed by atoms with Gasteiger partial charge in [0.15, 0.2) is 0 Å². The summed E-state index contributed by atoms with van der Waals surface area (Å²) in [5.41, 5.74) is 4.14. The summed E-state index contributed by atoms with van der Waals surface area (Å²) >= 11 is 0. The van der Waals surface area contributed by atoms with Crippen molar-refractivity contribution in [3.8, 4) is 11.1 Å². The number of carbonyl (C=O) groups excluding carboxylic acids is 1. The molecule has 0 spiro atoms. The first-order valence-corrected chi connectivity index (χ1v) is 13.3. The van der Waals surface area contributed by atoms with Crippen molar-refractivity contribution < 1.29 is 33.5 Å². The van der Waals surface area contributed by atoms with Crippen LogP contribution in [-0.4, -0.2) is 43.0 Å². The number of aliphatic carboxylic acids is 1. The molecule has 4 rings (SSSR count). The molecule has 3 aromatic rings. The van der Waals surface area contributed by atoms with E-state index in [1.54, 1.807) is 38.1 Å². The van der Waals surface area contributed by atoms with Crippen LogP contribution >= 0.6 is 8.46 Å². The summed E-state index contributed by atoms with van der Waals surface area (Å²) in [6.45, 7) is 4.23. The number of alkyl carbamates (subject to hydrolysis) is 1. The first-order valence-electron chi connectivity index (χ1n) is 12.5. The number of rotatable bonds is 12. The number of benzene rings is 3. The van der Waals surface area contributed by atoms with Gasteiger partial charge >= 0.3 is 12.1 Å². The van der Waals surface area contributed by atoms with Gasteiger partial charge in [-0.1, -0.05) is 72.8 Å². The largest absolute Gasteiger partial charge is 0.480 e. The summed E-state index contributed by atoms with van der Waals surface area (Å²) in [6, 6.07) is 21.5. The van der Waals surface area contributed by atoms with Crippen LogP contribution in [0.1, 0.15) is 42.0 Å². The number of carboxylic acids is 1. The second-order valence-corrected chi connectivity index (χ2v) is 9.57. The molecule has 0 bridgehead atoms. The maximum absolute atomic E-state index is 12.6. The molecule has 1 atom stereocenters. The van der Waals surface area contributed by atoms with Gasteiger partial charge in [-0.25, -0.2) is 9.59 Å². The minimum Gasteiger partial charge on any atom is -0.480 e. The van der Waals surface area contributed by atoms with Crippen molar-refractivity contribution in [1.82, 2.24) is 5.32 Å². The van der Waals surface area contributed by atoms with Gasteiger partial charge in [-0.15, -0.1) is 0 Å². The lowest BCUT2D eigenvalue weighted by atomic mass is 9.98. The van der Waals surface area contributed by atoms with Crippen LogP contribution in [0.25, 0.3) is 11.1 Å². The molecule has 1 aliphatic carbocycles. The Kier molecular flexibility index (Phi) is 8.89. The van der Waals surface area contributed by atoms with Crippen molar-refractivity contribution in [1.29, 1.82) is 0 Å². The highest BCUT2D eigenvalue weighted by atomic mass is 31.1. The third-order valence-electron chi connectivity index (χ3n) is 6.49. The van der Waals surface area contributed by atoms with E-state index >= 15 is 0 Å². The normalized spacial score (nSPS) is 13.5. The number of carbonyl (C=O) groups is 2. The zero-order chi connectivity index (χ0) is 27.1. The molecule has 0 aromatic heterocycles. The fraction of sp³-hybridized carbons (Fsp3) is 0.310. The Morgan fingerprint density at radius 2 is 1.47 bits per heavy atom. The van der Waals surface area contributed by atoms with Gasteiger partial charge in [-0.3, -0.25) is 4.57 Å². The molecule has 0 aliphatic heterocycles. The Morgan fingerprint density at radius 3 is 1.97 bits per heavy atom. The van der Waals surface area contributed by atoms with Gasteiger partial charge in [0, 0.05) is 31.1 Å². The number of amides is 1. The quantitative estimate of drug-likeness (QED) is 0.226. The van der Waals surface area contributed by atoms with Crippen LogP contribution in [0, 0.1) is 0 Å². The molecule has 1 aliphatic rings. The van der Waals surface area contributed by atoms with E-state index in [0.717, 1.165) is 22.3 Å². The molecular weight excluding hydrogens is 505 g/mol. The Bertz CT molecular complexity index is 1240. The van der Waals surface area contributed by atoms with Crippen LogP contribution in [0.5, 0.6) is 0 Å². The van der Waals surface area contributed by atoms with E-state index in [1.807, 2.05) is 48.5 Å². The van der Waals surface area contributed by atoms with E-state index in [0.29, 0.717) is 24.3 Å². The van der Waals surface area contributed by atoms with Crippen molar-refractivity contribution >= 4 is 20.5 Å². The van der Waals surface area contributed by atoms with Gasteiger partial charge in [0.25, 0.3) is 5.53 Å². The van der Waals surface area contributed by atoms with Gasteiger partial charge in [0.1, 0.15) is 12.6 Å². The highest BCUT2D eigenvalue weighted by Crippen LogP contribution is 2.44. The summed E-state index contributed by atoms with van der Waals surface area (Å²) in [5.74, 6) is -1.31. The molecule has 9 heteroatoms. The third-order valence-corrected chi connectivity index (χ3v) is 7.25. The first kappa shape index (κ1) is 27.5. The van der Waals surface area contributed by atoms with Crippen molar-refractivity contribution in [3.63, 3.8) is 0 Å². The molecule has 0 fully saturated rings. The Balaban J connectivity index is 1.41. The fourth-order valence-electron chi connectivity index (χ4n) is 4.77. The SMILES string of the molecule is CCOC(OCC)(P=O)c1ccc(CC(NC(=O)OCC2c3ccccc3-c3ccccc32)C(=O)O)cc1. The van der Waals surface area contributed by atoms with E-state index < -0.39 is 23.6 Å².